The highest BCUT2D eigenvalue weighted by Crippen LogP contribution is 2.24. The normalized spacial score (nSPS) is 11.7. The van der Waals surface area contributed by atoms with Gasteiger partial charge in [0.2, 0.25) is 0 Å². The molecule has 0 saturated heterocycles. The number of amides is 2. The van der Waals surface area contributed by atoms with Crippen LogP contribution < -0.4 is 16.4 Å². The Morgan fingerprint density at radius 1 is 1.03 bits per heavy atom. The molecule has 5 rings (SSSR count). The Hall–Kier alpha value is -4.94. The summed E-state index contributed by atoms with van der Waals surface area (Å²) in [5.74, 6) is -4.74. The van der Waals surface area contributed by atoms with E-state index >= 15 is 0 Å². The van der Waals surface area contributed by atoms with Crippen molar-refractivity contribution in [3.8, 4) is 0 Å². The smallest absolute Gasteiger partial charge is 0.408 e. The fourth-order valence-electron chi connectivity index (χ4n) is 3.83. The molecular weight excluding hydrogens is 500 g/mol. The predicted octanol–water partition coefficient (Wildman–Crippen LogP) is 2.54. The second-order valence-corrected chi connectivity index (χ2v) is 8.62. The van der Waals surface area contributed by atoms with Crippen LogP contribution in [0.15, 0.2) is 63.9 Å². The van der Waals surface area contributed by atoms with Gasteiger partial charge in [0.25, 0.3) is 17.7 Å². The SMILES string of the molecule is Cn1c(=O)oc2ccc(CNC(=O)c3cc(C(=O)NCc4cccc(C(C)(F)F)n4)n4nccc4n3)cc21. The fraction of sp³-hybridized carbons (Fsp3) is 0.200. The Kier molecular flexibility index (Phi) is 6.18. The number of halogens is 2. The third kappa shape index (κ3) is 4.85. The lowest BCUT2D eigenvalue weighted by Gasteiger charge is -2.12. The molecule has 11 nitrogen and oxygen atoms in total. The minimum absolute atomic E-state index is 0.0225. The number of benzene rings is 1. The average molecular weight is 521 g/mol. The van der Waals surface area contributed by atoms with Crippen LogP contribution in [0, 0.1) is 0 Å². The van der Waals surface area contributed by atoms with Gasteiger partial charge in [-0.05, 0) is 29.8 Å². The van der Waals surface area contributed by atoms with Gasteiger partial charge in [-0.25, -0.2) is 19.3 Å². The number of nitrogens with zero attached hydrogens (tertiary/aromatic N) is 5. The Morgan fingerprint density at radius 3 is 2.61 bits per heavy atom. The molecule has 1 aromatic carbocycles. The van der Waals surface area contributed by atoms with Crippen LogP contribution in [0.4, 0.5) is 8.78 Å². The molecule has 0 atom stereocenters. The minimum Gasteiger partial charge on any atom is -0.408 e. The van der Waals surface area contributed by atoms with Crippen LogP contribution in [-0.2, 0) is 26.1 Å². The van der Waals surface area contributed by atoms with Crippen molar-refractivity contribution in [1.82, 2.24) is 34.8 Å². The summed E-state index contributed by atoms with van der Waals surface area (Å²) < 4.78 is 34.9. The molecule has 38 heavy (non-hydrogen) atoms. The molecule has 5 aromatic rings. The van der Waals surface area contributed by atoms with E-state index in [0.29, 0.717) is 11.1 Å². The van der Waals surface area contributed by atoms with Gasteiger partial charge < -0.3 is 15.1 Å². The first-order chi connectivity index (χ1) is 18.1. The van der Waals surface area contributed by atoms with E-state index in [1.165, 1.54) is 45.6 Å². The highest BCUT2D eigenvalue weighted by Gasteiger charge is 2.26. The molecule has 0 spiro atoms. The summed E-state index contributed by atoms with van der Waals surface area (Å²) in [6, 6.07) is 12.1. The number of aryl methyl sites for hydroxylation is 1. The molecular formula is C25H21F2N7O4. The van der Waals surface area contributed by atoms with Crippen LogP contribution in [-0.4, -0.2) is 36.0 Å². The molecule has 0 aliphatic rings. The molecule has 0 unspecified atom stereocenters. The molecule has 0 fully saturated rings. The van der Waals surface area contributed by atoms with E-state index in [0.717, 1.165) is 12.5 Å². The van der Waals surface area contributed by atoms with Gasteiger partial charge in [-0.1, -0.05) is 12.1 Å². The summed E-state index contributed by atoms with van der Waals surface area (Å²) in [6.07, 6.45) is 1.43. The number of alkyl halides is 2. The van der Waals surface area contributed by atoms with Crippen LogP contribution in [0.1, 0.15) is 44.9 Å². The van der Waals surface area contributed by atoms with Crippen molar-refractivity contribution in [2.75, 3.05) is 0 Å². The highest BCUT2D eigenvalue weighted by molar-refractivity contribution is 5.98. The van der Waals surface area contributed by atoms with Gasteiger partial charge in [0, 0.05) is 32.6 Å². The van der Waals surface area contributed by atoms with Gasteiger partial charge in [0.15, 0.2) is 11.2 Å². The molecule has 4 heterocycles. The first kappa shape index (κ1) is 24.7. The molecule has 194 valence electrons. The van der Waals surface area contributed by atoms with Crippen LogP contribution in [0.2, 0.25) is 0 Å². The number of carbonyl (C=O) groups is 2. The average Bonchev–Trinajstić information content (AvgIpc) is 3.48. The molecule has 0 radical (unpaired) electrons. The Morgan fingerprint density at radius 2 is 1.82 bits per heavy atom. The lowest BCUT2D eigenvalue weighted by molar-refractivity contribution is 0.0125. The van der Waals surface area contributed by atoms with E-state index < -0.39 is 29.2 Å². The fourth-order valence-corrected chi connectivity index (χ4v) is 3.83. The number of aromatic nitrogens is 5. The minimum atomic E-state index is -3.12. The molecule has 0 aliphatic carbocycles. The van der Waals surface area contributed by atoms with Crippen LogP contribution in [0.3, 0.4) is 0 Å². The van der Waals surface area contributed by atoms with E-state index in [2.05, 4.69) is 25.7 Å². The first-order valence-electron chi connectivity index (χ1n) is 11.4. The maximum absolute atomic E-state index is 13.6. The van der Waals surface area contributed by atoms with Gasteiger partial charge in [-0.15, -0.1) is 0 Å². The highest BCUT2D eigenvalue weighted by atomic mass is 19.3. The number of carbonyl (C=O) groups excluding carboxylic acids is 2. The van der Waals surface area contributed by atoms with Crippen LogP contribution in [0.5, 0.6) is 0 Å². The number of oxazole rings is 1. The van der Waals surface area contributed by atoms with Crippen molar-refractivity contribution < 1.29 is 22.8 Å². The Balaban J connectivity index is 1.33. The second-order valence-electron chi connectivity index (χ2n) is 8.62. The maximum Gasteiger partial charge on any atom is 0.419 e. The molecule has 0 aliphatic heterocycles. The standard InChI is InChI=1S/C25H21F2N7O4/c1-25(26,27)20-5-3-4-15(31-20)13-29-23(36)18-11-16(32-21-8-9-30-34(18)21)22(35)28-12-14-6-7-19-17(10-14)33(2)24(37)38-19/h3-11H,12-13H2,1-2H3,(H,28,35)(H,29,36). The van der Waals surface area contributed by atoms with E-state index in [4.69, 9.17) is 4.42 Å². The number of rotatable bonds is 7. The molecule has 4 aromatic heterocycles. The molecule has 2 N–H and O–H groups in total. The van der Waals surface area contributed by atoms with Crippen molar-refractivity contribution in [3.05, 3.63) is 93.6 Å². The summed E-state index contributed by atoms with van der Waals surface area (Å²) in [4.78, 5) is 45.8. The number of hydrogen-bond acceptors (Lipinski definition) is 7. The zero-order chi connectivity index (χ0) is 27.0. The van der Waals surface area contributed by atoms with Gasteiger partial charge in [0.05, 0.1) is 24.0 Å². The van der Waals surface area contributed by atoms with E-state index in [1.54, 1.807) is 25.2 Å². The van der Waals surface area contributed by atoms with Gasteiger partial charge in [-0.2, -0.15) is 13.9 Å². The summed E-state index contributed by atoms with van der Waals surface area (Å²) in [5, 5.41) is 9.45. The summed E-state index contributed by atoms with van der Waals surface area (Å²) in [7, 11) is 1.58. The molecule has 2 amide bonds. The van der Waals surface area contributed by atoms with Crippen molar-refractivity contribution in [2.45, 2.75) is 25.9 Å². The van der Waals surface area contributed by atoms with Gasteiger partial charge >= 0.3 is 5.76 Å². The first-order valence-corrected chi connectivity index (χ1v) is 11.4. The quantitative estimate of drug-likeness (QED) is 0.336. The van der Waals surface area contributed by atoms with Gasteiger partial charge in [0.1, 0.15) is 17.1 Å². The molecule has 0 bridgehead atoms. The molecule has 0 saturated carbocycles. The maximum atomic E-state index is 13.6. The summed E-state index contributed by atoms with van der Waals surface area (Å²) in [6.45, 7) is 0.758. The lowest BCUT2D eigenvalue weighted by Crippen LogP contribution is -2.29. The third-order valence-corrected chi connectivity index (χ3v) is 5.82. The number of nitrogens with one attached hydrogen (secondary N) is 2. The van der Waals surface area contributed by atoms with Crippen molar-refractivity contribution in [1.29, 1.82) is 0 Å². The Bertz CT molecular complexity index is 1750. The number of pyridine rings is 1. The zero-order valence-electron chi connectivity index (χ0n) is 20.2. The van der Waals surface area contributed by atoms with Crippen molar-refractivity contribution >= 4 is 28.6 Å². The largest absolute Gasteiger partial charge is 0.419 e. The molecule has 13 heteroatoms. The van der Waals surface area contributed by atoms with Crippen LogP contribution >= 0.6 is 0 Å². The monoisotopic (exact) mass is 521 g/mol. The van der Waals surface area contributed by atoms with Crippen molar-refractivity contribution in [2.24, 2.45) is 7.05 Å². The zero-order valence-corrected chi connectivity index (χ0v) is 20.2. The third-order valence-electron chi connectivity index (χ3n) is 5.82. The Labute approximate surface area is 213 Å². The lowest BCUT2D eigenvalue weighted by atomic mass is 10.2. The van der Waals surface area contributed by atoms with Crippen LogP contribution in [0.25, 0.3) is 16.7 Å². The van der Waals surface area contributed by atoms with Gasteiger partial charge in [-0.3, -0.25) is 14.2 Å². The van der Waals surface area contributed by atoms with E-state index in [-0.39, 0.29) is 35.8 Å². The summed E-state index contributed by atoms with van der Waals surface area (Å²) >= 11 is 0. The number of hydrogen-bond donors (Lipinski definition) is 2. The predicted molar refractivity (Wildman–Crippen MR) is 131 cm³/mol. The van der Waals surface area contributed by atoms with Crippen molar-refractivity contribution in [3.63, 3.8) is 0 Å². The topological polar surface area (TPSA) is 136 Å². The van der Waals surface area contributed by atoms with E-state index in [1.807, 2.05) is 0 Å². The number of fused-ring (bicyclic) bond motifs is 2. The van der Waals surface area contributed by atoms with E-state index in [9.17, 15) is 23.2 Å². The summed E-state index contributed by atoms with van der Waals surface area (Å²) in [5.41, 5.74) is 1.84. The second kappa shape index (κ2) is 9.50.